The monoisotopic (exact) mass is 408 g/mol. The summed E-state index contributed by atoms with van der Waals surface area (Å²) < 4.78 is 20.2. The van der Waals surface area contributed by atoms with Crippen LogP contribution in [0.15, 0.2) is 41.4 Å². The number of thioether (sulfide) groups is 2. The zero-order valence-electron chi connectivity index (χ0n) is 14.5. The van der Waals surface area contributed by atoms with E-state index in [1.54, 1.807) is 18.3 Å². The van der Waals surface area contributed by atoms with E-state index in [1.807, 2.05) is 32.0 Å². The first kappa shape index (κ1) is 20.6. The van der Waals surface area contributed by atoms with E-state index in [2.05, 4.69) is 4.99 Å². The lowest BCUT2D eigenvalue weighted by Gasteiger charge is -2.11. The van der Waals surface area contributed by atoms with Crippen molar-refractivity contribution in [3.8, 4) is 11.9 Å². The van der Waals surface area contributed by atoms with Gasteiger partial charge in [0, 0.05) is 22.1 Å². The van der Waals surface area contributed by atoms with Crippen molar-refractivity contribution in [3.05, 3.63) is 63.9 Å². The van der Waals surface area contributed by atoms with Gasteiger partial charge in [0.15, 0.2) is 0 Å². The van der Waals surface area contributed by atoms with Crippen LogP contribution in [0, 0.1) is 31.1 Å². The van der Waals surface area contributed by atoms with Gasteiger partial charge >= 0.3 is 0 Å². The van der Waals surface area contributed by atoms with E-state index in [4.69, 9.17) is 21.6 Å². The molecule has 0 radical (unpaired) electrons. The number of halogens is 2. The Kier molecular flexibility index (Phi) is 8.30. The summed E-state index contributed by atoms with van der Waals surface area (Å²) in [5.41, 5.74) is 2.71. The lowest BCUT2D eigenvalue weighted by molar-refractivity contribution is 0.341. The van der Waals surface area contributed by atoms with Gasteiger partial charge in [0.25, 0.3) is 0 Å². The number of hydrogen-bond acceptors (Lipinski definition) is 5. The number of hydrogen-bond donors (Lipinski definition) is 0. The number of ether oxygens (including phenoxy) is 1. The Morgan fingerprint density at radius 1 is 1.23 bits per heavy atom. The van der Waals surface area contributed by atoms with Gasteiger partial charge in [-0.15, -0.1) is 0 Å². The largest absolute Gasteiger partial charge is 0.492 e. The first-order valence-corrected chi connectivity index (χ1v) is 10.2. The van der Waals surface area contributed by atoms with Crippen molar-refractivity contribution >= 4 is 39.5 Å². The molecule has 3 nitrogen and oxygen atoms in total. The standard InChI is InChI=1S/C19H18ClFN2OS2/c1-13-5-3-8-18(14(13)2)24-9-10-25-19(23-12-22)26-11-15-16(20)6-4-7-17(15)21/h3-8H,9-11H2,1-2H3. The highest BCUT2D eigenvalue weighted by Crippen LogP contribution is 2.28. The van der Waals surface area contributed by atoms with Crippen LogP contribution in [0.25, 0.3) is 0 Å². The molecule has 0 bridgehead atoms. The van der Waals surface area contributed by atoms with Gasteiger partial charge in [0.05, 0.1) is 6.61 Å². The molecule has 26 heavy (non-hydrogen) atoms. The molecule has 7 heteroatoms. The number of nitriles is 1. The Hall–Kier alpha value is -1.68. The molecule has 0 saturated carbocycles. The first-order chi connectivity index (χ1) is 12.5. The van der Waals surface area contributed by atoms with Crippen LogP contribution < -0.4 is 4.74 Å². The highest BCUT2D eigenvalue weighted by molar-refractivity contribution is 8.38. The molecule has 0 unspecified atom stereocenters. The predicted octanol–water partition coefficient (Wildman–Crippen LogP) is 5.98. The van der Waals surface area contributed by atoms with Crippen LogP contribution in [-0.2, 0) is 5.75 Å². The molecule has 0 heterocycles. The maximum atomic E-state index is 13.8. The average Bonchev–Trinajstić information content (AvgIpc) is 2.61. The second kappa shape index (κ2) is 10.5. The van der Waals surface area contributed by atoms with Crippen LogP contribution in [0.3, 0.4) is 0 Å². The predicted molar refractivity (Wildman–Crippen MR) is 110 cm³/mol. The number of benzene rings is 2. The van der Waals surface area contributed by atoms with E-state index in [1.165, 1.54) is 35.2 Å². The molecule has 0 aliphatic rings. The maximum Gasteiger partial charge on any atom is 0.207 e. The van der Waals surface area contributed by atoms with Gasteiger partial charge in [0.2, 0.25) is 6.19 Å². The SMILES string of the molecule is Cc1cccc(OCCSC(=NC#N)SCc2c(F)cccc2Cl)c1C. The van der Waals surface area contributed by atoms with E-state index in [0.29, 0.717) is 33.1 Å². The molecular weight excluding hydrogens is 391 g/mol. The van der Waals surface area contributed by atoms with Crippen molar-refractivity contribution < 1.29 is 9.13 Å². The van der Waals surface area contributed by atoms with Crippen molar-refractivity contribution in [1.82, 2.24) is 0 Å². The summed E-state index contributed by atoms with van der Waals surface area (Å²) in [4.78, 5) is 3.80. The molecule has 0 spiro atoms. The molecule has 0 atom stereocenters. The molecule has 0 amide bonds. The number of aryl methyl sites for hydroxylation is 1. The van der Waals surface area contributed by atoms with E-state index in [-0.39, 0.29) is 5.82 Å². The molecule has 0 fully saturated rings. The van der Waals surface area contributed by atoms with Crippen LogP contribution in [-0.4, -0.2) is 16.7 Å². The zero-order valence-corrected chi connectivity index (χ0v) is 16.8. The smallest absolute Gasteiger partial charge is 0.207 e. The van der Waals surface area contributed by atoms with E-state index >= 15 is 0 Å². The summed E-state index contributed by atoms with van der Waals surface area (Å²) in [6.07, 6.45) is 1.79. The summed E-state index contributed by atoms with van der Waals surface area (Å²) >= 11 is 8.72. The summed E-state index contributed by atoms with van der Waals surface area (Å²) in [5.74, 6) is 1.45. The summed E-state index contributed by atoms with van der Waals surface area (Å²) in [5, 5.41) is 9.22. The van der Waals surface area contributed by atoms with Gasteiger partial charge in [-0.1, -0.05) is 53.3 Å². The van der Waals surface area contributed by atoms with Gasteiger partial charge in [-0.05, 0) is 43.2 Å². The fraction of sp³-hybridized carbons (Fsp3) is 0.263. The lowest BCUT2D eigenvalue weighted by atomic mass is 10.1. The van der Waals surface area contributed by atoms with Crippen LogP contribution >= 0.6 is 35.1 Å². The molecule has 136 valence electrons. The normalized spacial score (nSPS) is 11.3. The topological polar surface area (TPSA) is 45.4 Å². The quantitative estimate of drug-likeness (QED) is 0.255. The third-order valence-electron chi connectivity index (χ3n) is 3.66. The zero-order chi connectivity index (χ0) is 18.9. The first-order valence-electron chi connectivity index (χ1n) is 7.87. The van der Waals surface area contributed by atoms with Crippen LogP contribution in [0.2, 0.25) is 5.02 Å². The molecule has 0 N–H and O–H groups in total. The van der Waals surface area contributed by atoms with Crippen LogP contribution in [0.4, 0.5) is 4.39 Å². The Balaban J connectivity index is 1.86. The Bertz CT molecular complexity index is 817. The fourth-order valence-electron chi connectivity index (χ4n) is 2.11. The minimum Gasteiger partial charge on any atom is -0.492 e. The summed E-state index contributed by atoms with van der Waals surface area (Å²) in [6, 6.07) is 10.5. The second-order valence-electron chi connectivity index (χ2n) is 5.36. The highest BCUT2D eigenvalue weighted by atomic mass is 35.5. The van der Waals surface area contributed by atoms with Gasteiger partial charge in [-0.3, -0.25) is 0 Å². The van der Waals surface area contributed by atoms with Gasteiger partial charge in [0.1, 0.15) is 15.9 Å². The van der Waals surface area contributed by atoms with Crippen molar-refractivity contribution in [2.75, 3.05) is 12.4 Å². The molecule has 0 saturated heterocycles. The van der Waals surface area contributed by atoms with Crippen molar-refractivity contribution in [2.24, 2.45) is 4.99 Å². The van der Waals surface area contributed by atoms with Crippen molar-refractivity contribution in [1.29, 1.82) is 5.26 Å². The van der Waals surface area contributed by atoms with Crippen molar-refractivity contribution in [2.45, 2.75) is 19.6 Å². The summed E-state index contributed by atoms with van der Waals surface area (Å²) in [7, 11) is 0. The minimum absolute atomic E-state index is 0.316. The van der Waals surface area contributed by atoms with Crippen LogP contribution in [0.1, 0.15) is 16.7 Å². The summed E-state index contributed by atoms with van der Waals surface area (Å²) in [6.45, 7) is 4.55. The van der Waals surface area contributed by atoms with Gasteiger partial charge in [-0.2, -0.15) is 10.3 Å². The van der Waals surface area contributed by atoms with Gasteiger partial charge in [-0.25, -0.2) is 4.39 Å². The number of aliphatic imine (C=N–C) groups is 1. The average molecular weight is 409 g/mol. The minimum atomic E-state index is -0.357. The van der Waals surface area contributed by atoms with Crippen molar-refractivity contribution in [3.63, 3.8) is 0 Å². The molecule has 0 aliphatic carbocycles. The third-order valence-corrected chi connectivity index (χ3v) is 6.21. The third kappa shape index (κ3) is 5.94. The lowest BCUT2D eigenvalue weighted by Crippen LogP contribution is -2.04. The van der Waals surface area contributed by atoms with E-state index < -0.39 is 0 Å². The highest BCUT2D eigenvalue weighted by Gasteiger charge is 2.10. The molecule has 2 aromatic carbocycles. The number of rotatable bonds is 6. The van der Waals surface area contributed by atoms with Gasteiger partial charge < -0.3 is 4.74 Å². The Morgan fingerprint density at radius 2 is 2.00 bits per heavy atom. The maximum absolute atomic E-state index is 13.8. The molecule has 0 aromatic heterocycles. The molecule has 0 aliphatic heterocycles. The number of nitrogens with zero attached hydrogens (tertiary/aromatic N) is 2. The molecule has 2 rings (SSSR count). The second-order valence-corrected chi connectivity index (χ2v) is 8.07. The Labute approximate surface area is 166 Å². The fourth-order valence-corrected chi connectivity index (χ4v) is 4.29. The Morgan fingerprint density at radius 3 is 2.73 bits per heavy atom. The van der Waals surface area contributed by atoms with E-state index in [9.17, 15) is 4.39 Å². The van der Waals surface area contributed by atoms with Crippen LogP contribution in [0.5, 0.6) is 5.75 Å². The van der Waals surface area contributed by atoms with E-state index in [0.717, 1.165) is 11.3 Å². The molecule has 2 aromatic rings. The molecular formula is C19H18ClFN2OS2.